The number of nitrogens with zero attached hydrogens (tertiary/aromatic N) is 5. The van der Waals surface area contributed by atoms with E-state index in [2.05, 4.69) is 53.3 Å². The SMILES string of the molecule is CN(C)Cc1ccc(C2CCCCN2C(=O)Cn2cncn2)cc1. The molecular weight excluding hydrogens is 302 g/mol. The largest absolute Gasteiger partial charge is 0.334 e. The molecule has 1 aliphatic rings. The summed E-state index contributed by atoms with van der Waals surface area (Å²) < 4.78 is 1.59. The molecule has 0 spiro atoms. The summed E-state index contributed by atoms with van der Waals surface area (Å²) >= 11 is 0. The van der Waals surface area contributed by atoms with E-state index in [4.69, 9.17) is 0 Å². The molecule has 1 fully saturated rings. The van der Waals surface area contributed by atoms with Crippen molar-refractivity contribution < 1.29 is 4.79 Å². The molecule has 24 heavy (non-hydrogen) atoms. The van der Waals surface area contributed by atoms with E-state index in [0.29, 0.717) is 0 Å². The third-order valence-electron chi connectivity index (χ3n) is 4.45. The van der Waals surface area contributed by atoms with Crippen LogP contribution < -0.4 is 0 Å². The number of piperidine rings is 1. The highest BCUT2D eigenvalue weighted by atomic mass is 16.2. The van der Waals surface area contributed by atoms with Gasteiger partial charge in [-0.15, -0.1) is 0 Å². The number of carbonyl (C=O) groups excluding carboxylic acids is 1. The second-order valence-electron chi connectivity index (χ2n) is 6.67. The molecule has 1 unspecified atom stereocenters. The van der Waals surface area contributed by atoms with Crippen LogP contribution >= 0.6 is 0 Å². The lowest BCUT2D eigenvalue weighted by Crippen LogP contribution is -2.40. The van der Waals surface area contributed by atoms with Crippen molar-refractivity contribution in [3.05, 3.63) is 48.0 Å². The van der Waals surface area contributed by atoms with Crippen LogP contribution in [0.5, 0.6) is 0 Å². The number of rotatable bonds is 5. The molecule has 2 aromatic rings. The van der Waals surface area contributed by atoms with Gasteiger partial charge in [0.15, 0.2) is 0 Å². The van der Waals surface area contributed by atoms with Gasteiger partial charge in [-0.05, 0) is 44.5 Å². The molecule has 0 bridgehead atoms. The molecule has 0 saturated carbocycles. The zero-order chi connectivity index (χ0) is 16.9. The number of aromatic nitrogens is 3. The second kappa shape index (κ2) is 7.57. The summed E-state index contributed by atoms with van der Waals surface area (Å²) in [5.74, 6) is 0.113. The van der Waals surface area contributed by atoms with Gasteiger partial charge < -0.3 is 9.80 Å². The van der Waals surface area contributed by atoms with Gasteiger partial charge in [0.2, 0.25) is 5.91 Å². The van der Waals surface area contributed by atoms with Gasteiger partial charge in [-0.1, -0.05) is 24.3 Å². The topological polar surface area (TPSA) is 54.3 Å². The maximum atomic E-state index is 12.7. The van der Waals surface area contributed by atoms with Crippen LogP contribution in [0, 0.1) is 0 Å². The van der Waals surface area contributed by atoms with Crippen molar-refractivity contribution >= 4 is 5.91 Å². The zero-order valence-electron chi connectivity index (χ0n) is 14.4. The van der Waals surface area contributed by atoms with E-state index in [9.17, 15) is 4.79 Å². The second-order valence-corrected chi connectivity index (χ2v) is 6.67. The molecule has 6 nitrogen and oxygen atoms in total. The Hall–Kier alpha value is -2.21. The number of amides is 1. The lowest BCUT2D eigenvalue weighted by molar-refractivity contribution is -0.135. The molecule has 1 aromatic carbocycles. The Kier molecular flexibility index (Phi) is 5.25. The Balaban J connectivity index is 1.72. The van der Waals surface area contributed by atoms with Crippen LogP contribution in [0.2, 0.25) is 0 Å². The Bertz CT molecular complexity index is 651. The third-order valence-corrected chi connectivity index (χ3v) is 4.45. The molecule has 0 radical (unpaired) electrons. The van der Waals surface area contributed by atoms with Crippen molar-refractivity contribution in [2.75, 3.05) is 20.6 Å². The first-order valence-electron chi connectivity index (χ1n) is 8.49. The van der Waals surface area contributed by atoms with Crippen LogP contribution in [0.3, 0.4) is 0 Å². The minimum absolute atomic E-state index is 0.113. The summed E-state index contributed by atoms with van der Waals surface area (Å²) in [6.07, 6.45) is 6.31. The minimum Gasteiger partial charge on any atom is -0.334 e. The average Bonchev–Trinajstić information content (AvgIpc) is 3.08. The highest BCUT2D eigenvalue weighted by Gasteiger charge is 2.28. The van der Waals surface area contributed by atoms with Crippen LogP contribution in [0.1, 0.15) is 36.4 Å². The lowest BCUT2D eigenvalue weighted by Gasteiger charge is -2.36. The molecule has 1 saturated heterocycles. The molecule has 3 rings (SSSR count). The van der Waals surface area contributed by atoms with Crippen molar-refractivity contribution in [1.82, 2.24) is 24.6 Å². The predicted octanol–water partition coefficient (Wildman–Crippen LogP) is 2.09. The molecule has 1 aliphatic heterocycles. The van der Waals surface area contributed by atoms with Gasteiger partial charge in [0.25, 0.3) is 0 Å². The molecule has 2 heterocycles. The first kappa shape index (κ1) is 16.6. The van der Waals surface area contributed by atoms with Gasteiger partial charge in [0, 0.05) is 13.1 Å². The van der Waals surface area contributed by atoms with Crippen LogP contribution in [-0.4, -0.2) is 51.1 Å². The van der Waals surface area contributed by atoms with Crippen LogP contribution in [0.25, 0.3) is 0 Å². The lowest BCUT2D eigenvalue weighted by atomic mass is 9.94. The van der Waals surface area contributed by atoms with Crippen molar-refractivity contribution in [2.45, 2.75) is 38.4 Å². The third kappa shape index (κ3) is 4.00. The van der Waals surface area contributed by atoms with E-state index in [1.807, 2.05) is 4.90 Å². The van der Waals surface area contributed by atoms with Gasteiger partial charge in [-0.2, -0.15) is 5.10 Å². The monoisotopic (exact) mass is 327 g/mol. The maximum absolute atomic E-state index is 12.7. The van der Waals surface area contributed by atoms with Crippen molar-refractivity contribution in [1.29, 1.82) is 0 Å². The predicted molar refractivity (Wildman–Crippen MR) is 92.2 cm³/mol. The molecular formula is C18H25N5O. The molecule has 6 heteroatoms. The summed E-state index contributed by atoms with van der Waals surface area (Å²) in [6, 6.07) is 8.85. The quantitative estimate of drug-likeness (QED) is 0.844. The average molecular weight is 327 g/mol. The number of benzene rings is 1. The molecule has 1 aromatic heterocycles. The summed E-state index contributed by atoms with van der Waals surface area (Å²) in [5.41, 5.74) is 2.52. The summed E-state index contributed by atoms with van der Waals surface area (Å²) in [6.45, 7) is 2.01. The van der Waals surface area contributed by atoms with Crippen LogP contribution in [0.15, 0.2) is 36.9 Å². The standard InChI is InChI=1S/C18H25N5O/c1-21(2)11-15-6-8-16(9-7-15)17-5-3-4-10-23(17)18(24)12-22-14-19-13-20-22/h6-9,13-14,17H,3-5,10-12H2,1-2H3. The molecule has 1 amide bonds. The Labute approximate surface area is 143 Å². The Morgan fingerprint density at radius 1 is 1.25 bits per heavy atom. The van der Waals surface area contributed by atoms with E-state index >= 15 is 0 Å². The molecule has 1 atom stereocenters. The fraction of sp³-hybridized carbons (Fsp3) is 0.500. The molecule has 0 N–H and O–H groups in total. The molecule has 128 valence electrons. The number of likely N-dealkylation sites (tertiary alicyclic amines) is 1. The van der Waals surface area contributed by atoms with Gasteiger partial charge in [-0.25, -0.2) is 9.67 Å². The highest BCUT2D eigenvalue weighted by molar-refractivity contribution is 5.76. The number of hydrogen-bond donors (Lipinski definition) is 0. The fourth-order valence-corrected chi connectivity index (χ4v) is 3.33. The molecule has 0 aliphatic carbocycles. The Morgan fingerprint density at radius 2 is 2.04 bits per heavy atom. The number of hydrogen-bond acceptors (Lipinski definition) is 4. The first-order valence-corrected chi connectivity index (χ1v) is 8.49. The minimum atomic E-state index is 0.113. The maximum Gasteiger partial charge on any atom is 0.244 e. The van der Waals surface area contributed by atoms with Gasteiger partial charge in [0.05, 0.1) is 6.04 Å². The summed E-state index contributed by atoms with van der Waals surface area (Å²) in [4.78, 5) is 20.8. The highest BCUT2D eigenvalue weighted by Crippen LogP contribution is 2.31. The van der Waals surface area contributed by atoms with E-state index in [-0.39, 0.29) is 18.5 Å². The normalized spacial score (nSPS) is 18.1. The number of carbonyl (C=O) groups is 1. The van der Waals surface area contributed by atoms with Crippen molar-refractivity contribution in [3.8, 4) is 0 Å². The van der Waals surface area contributed by atoms with Crippen LogP contribution in [0.4, 0.5) is 0 Å². The van der Waals surface area contributed by atoms with E-state index < -0.39 is 0 Å². The van der Waals surface area contributed by atoms with Crippen LogP contribution in [-0.2, 0) is 17.9 Å². The van der Waals surface area contributed by atoms with Crippen molar-refractivity contribution in [2.24, 2.45) is 0 Å². The van der Waals surface area contributed by atoms with Gasteiger partial charge >= 0.3 is 0 Å². The summed E-state index contributed by atoms with van der Waals surface area (Å²) in [5, 5.41) is 4.04. The Morgan fingerprint density at radius 3 is 2.71 bits per heavy atom. The van der Waals surface area contributed by atoms with E-state index in [1.54, 1.807) is 11.0 Å². The van der Waals surface area contributed by atoms with E-state index in [1.165, 1.54) is 17.5 Å². The first-order chi connectivity index (χ1) is 11.6. The van der Waals surface area contributed by atoms with Gasteiger partial charge in [0.1, 0.15) is 19.2 Å². The van der Waals surface area contributed by atoms with Gasteiger partial charge in [-0.3, -0.25) is 4.79 Å². The van der Waals surface area contributed by atoms with Crippen molar-refractivity contribution in [3.63, 3.8) is 0 Å². The summed E-state index contributed by atoms with van der Waals surface area (Å²) in [7, 11) is 4.14. The fourth-order valence-electron chi connectivity index (χ4n) is 3.33. The smallest absolute Gasteiger partial charge is 0.244 e. The zero-order valence-corrected chi connectivity index (χ0v) is 14.4. The van der Waals surface area contributed by atoms with E-state index in [0.717, 1.165) is 32.4 Å².